The summed E-state index contributed by atoms with van der Waals surface area (Å²) in [5.74, 6) is 0. The van der Waals surface area contributed by atoms with Crippen LogP contribution in [0.4, 0.5) is 0 Å². The van der Waals surface area contributed by atoms with Gasteiger partial charge >= 0.3 is 0 Å². The quantitative estimate of drug-likeness (QED) is 0.632. The highest BCUT2D eigenvalue weighted by Crippen LogP contribution is 2.29. The van der Waals surface area contributed by atoms with E-state index >= 15 is 0 Å². The van der Waals surface area contributed by atoms with Crippen LogP contribution in [0.15, 0.2) is 8.26 Å². The maximum Gasteiger partial charge on any atom is 0.129 e. The second kappa shape index (κ2) is 2.76. The van der Waals surface area contributed by atoms with Gasteiger partial charge in [-0.1, -0.05) is 0 Å². The monoisotopic (exact) mass is 264 g/mol. The Kier molecular flexibility index (Phi) is 2.40. The van der Waals surface area contributed by atoms with Crippen molar-refractivity contribution in [3.05, 3.63) is 13.8 Å². The number of halogens is 2. The molecular weight excluding hydrogens is 263 g/mol. The minimum absolute atomic E-state index is 0.869. The lowest BCUT2D eigenvalue weighted by Crippen LogP contribution is -1.97. The third-order valence-electron chi connectivity index (χ3n) is 1.07. The van der Waals surface area contributed by atoms with Crippen LogP contribution < -0.4 is 4.78 Å². The first-order valence-electron chi connectivity index (χ1n) is 2.32. The largest absolute Gasteiger partial charge is 0.143 e. The van der Waals surface area contributed by atoms with E-state index in [1.165, 1.54) is 0 Å². The molecule has 0 atom stereocenters. The molecule has 1 aromatic rings. The normalized spacial score (nSPS) is 10.1. The number of rotatable bonds is 0. The van der Waals surface area contributed by atoms with Gasteiger partial charge in [-0.25, -0.2) is 0 Å². The van der Waals surface area contributed by atoms with Gasteiger partial charge in [-0.05, 0) is 49.1 Å². The lowest BCUT2D eigenvalue weighted by atomic mass is 10.0. The van der Waals surface area contributed by atoms with E-state index in [9.17, 15) is 0 Å². The van der Waals surface area contributed by atoms with Crippen LogP contribution in [0.25, 0.3) is 0 Å². The molecule has 46 valence electrons. The summed E-state index contributed by atoms with van der Waals surface area (Å²) in [6.45, 7) is 1.99. The minimum atomic E-state index is 0.869. The molecule has 1 heterocycles. The van der Waals surface area contributed by atoms with Crippen molar-refractivity contribution in [2.24, 2.45) is 0 Å². The van der Waals surface area contributed by atoms with Crippen LogP contribution in [0.2, 0.25) is 0 Å². The van der Waals surface area contributed by atoms with Gasteiger partial charge in [0.1, 0.15) is 7.85 Å². The third-order valence-corrected chi connectivity index (χ3v) is 4.65. The van der Waals surface area contributed by atoms with Crippen molar-refractivity contribution in [3.63, 3.8) is 0 Å². The van der Waals surface area contributed by atoms with Crippen LogP contribution in [0, 0.1) is 6.92 Å². The zero-order valence-electron chi connectivity index (χ0n) is 4.74. The molecule has 9 heavy (non-hydrogen) atoms. The minimum Gasteiger partial charge on any atom is -0.143 e. The standard InChI is InChI=1S/C5H3BBr2S/c1-2-3(7)5(8)9-4(2)6/h1H3. The van der Waals surface area contributed by atoms with E-state index in [0.29, 0.717) is 0 Å². The van der Waals surface area contributed by atoms with Gasteiger partial charge in [-0.2, -0.15) is 0 Å². The number of hydrogen-bond acceptors (Lipinski definition) is 1. The third kappa shape index (κ3) is 1.41. The maximum atomic E-state index is 5.60. The molecule has 0 saturated carbocycles. The Balaban J connectivity index is 3.29. The van der Waals surface area contributed by atoms with Gasteiger partial charge in [0.25, 0.3) is 0 Å². The maximum absolute atomic E-state index is 5.60. The van der Waals surface area contributed by atoms with Crippen molar-refractivity contribution >= 4 is 55.8 Å². The Labute approximate surface area is 76.3 Å². The summed E-state index contributed by atoms with van der Waals surface area (Å²) in [6, 6.07) is 0. The molecule has 0 aliphatic heterocycles. The smallest absolute Gasteiger partial charge is 0.129 e. The van der Waals surface area contributed by atoms with Gasteiger partial charge in [0.2, 0.25) is 0 Å². The van der Waals surface area contributed by atoms with Crippen molar-refractivity contribution in [1.82, 2.24) is 0 Å². The molecule has 0 aliphatic carbocycles. The zero-order valence-corrected chi connectivity index (χ0v) is 8.73. The van der Waals surface area contributed by atoms with Gasteiger partial charge < -0.3 is 0 Å². The van der Waals surface area contributed by atoms with E-state index in [-0.39, 0.29) is 0 Å². The average Bonchev–Trinajstić information content (AvgIpc) is 1.98. The van der Waals surface area contributed by atoms with Gasteiger partial charge in [0.05, 0.1) is 3.79 Å². The molecule has 0 spiro atoms. The van der Waals surface area contributed by atoms with Crippen LogP contribution in [0.1, 0.15) is 5.56 Å². The van der Waals surface area contributed by atoms with E-state index in [0.717, 1.165) is 18.6 Å². The number of hydrogen-bond donors (Lipinski definition) is 0. The Morgan fingerprint density at radius 1 is 1.44 bits per heavy atom. The molecule has 0 nitrogen and oxygen atoms in total. The van der Waals surface area contributed by atoms with Gasteiger partial charge in [-0.15, -0.1) is 11.3 Å². The average molecular weight is 266 g/mol. The summed E-state index contributed by atoms with van der Waals surface area (Å²) in [6.07, 6.45) is 0. The molecule has 0 saturated heterocycles. The Bertz CT molecular complexity index is 209. The van der Waals surface area contributed by atoms with Crippen LogP contribution >= 0.6 is 43.2 Å². The fraction of sp³-hybridized carbons (Fsp3) is 0.200. The lowest BCUT2D eigenvalue weighted by Gasteiger charge is -1.86. The highest BCUT2D eigenvalue weighted by molar-refractivity contribution is 9.13. The Morgan fingerprint density at radius 2 is 2.00 bits per heavy atom. The van der Waals surface area contributed by atoms with Crippen LogP contribution in [0.3, 0.4) is 0 Å². The van der Waals surface area contributed by atoms with Crippen molar-refractivity contribution in [3.8, 4) is 0 Å². The topological polar surface area (TPSA) is 0 Å². The van der Waals surface area contributed by atoms with Gasteiger partial charge in [0.15, 0.2) is 0 Å². The fourth-order valence-electron chi connectivity index (χ4n) is 0.473. The molecule has 0 aliphatic rings. The molecule has 0 aromatic carbocycles. The zero-order chi connectivity index (χ0) is 7.02. The Hall–Kier alpha value is 0.725. The highest BCUT2D eigenvalue weighted by atomic mass is 79.9. The summed E-state index contributed by atoms with van der Waals surface area (Å²) in [7, 11) is 5.60. The van der Waals surface area contributed by atoms with Crippen molar-refractivity contribution < 1.29 is 0 Å². The predicted octanol–water partition coefficient (Wildman–Crippen LogP) is 2.38. The molecule has 0 amide bonds. The summed E-state index contributed by atoms with van der Waals surface area (Å²) >= 11 is 8.29. The van der Waals surface area contributed by atoms with E-state index in [1.807, 2.05) is 6.92 Å². The summed E-state index contributed by atoms with van der Waals surface area (Å²) in [5, 5.41) is 0. The number of thiophene rings is 1. The Morgan fingerprint density at radius 3 is 2.11 bits per heavy atom. The second-order valence-corrected chi connectivity index (χ2v) is 4.84. The van der Waals surface area contributed by atoms with E-state index in [4.69, 9.17) is 7.85 Å². The highest BCUT2D eigenvalue weighted by Gasteiger charge is 2.05. The SMILES string of the molecule is [B]c1sc(Br)c(Br)c1C. The molecule has 0 N–H and O–H groups in total. The summed E-state index contributed by atoms with van der Waals surface area (Å²) < 4.78 is 3.01. The molecule has 0 unspecified atom stereocenters. The molecule has 1 rings (SSSR count). The summed E-state index contributed by atoms with van der Waals surface area (Å²) in [4.78, 5) is 0. The van der Waals surface area contributed by atoms with E-state index < -0.39 is 0 Å². The second-order valence-electron chi connectivity index (χ2n) is 1.68. The van der Waals surface area contributed by atoms with Crippen LogP contribution in [-0.2, 0) is 0 Å². The van der Waals surface area contributed by atoms with E-state index in [1.54, 1.807) is 11.3 Å². The first-order valence-corrected chi connectivity index (χ1v) is 4.73. The molecule has 1 aromatic heterocycles. The fourth-order valence-corrected chi connectivity index (χ4v) is 2.57. The van der Waals surface area contributed by atoms with Gasteiger partial charge in [-0.3, -0.25) is 0 Å². The van der Waals surface area contributed by atoms with E-state index in [2.05, 4.69) is 31.9 Å². The lowest BCUT2D eigenvalue weighted by molar-refractivity contribution is 1.53. The molecule has 2 radical (unpaired) electrons. The van der Waals surface area contributed by atoms with Crippen molar-refractivity contribution in [1.29, 1.82) is 0 Å². The first kappa shape index (κ1) is 7.83. The van der Waals surface area contributed by atoms with Crippen molar-refractivity contribution in [2.75, 3.05) is 0 Å². The molecule has 0 fully saturated rings. The molecular formula is C5H3BBr2S. The van der Waals surface area contributed by atoms with Crippen molar-refractivity contribution in [2.45, 2.75) is 6.92 Å². The predicted molar refractivity (Wildman–Crippen MR) is 49.8 cm³/mol. The first-order chi connectivity index (χ1) is 4.13. The molecule has 4 heteroatoms. The van der Waals surface area contributed by atoms with Crippen LogP contribution in [-0.4, -0.2) is 7.85 Å². The molecule has 0 bridgehead atoms. The van der Waals surface area contributed by atoms with Crippen LogP contribution in [0.5, 0.6) is 0 Å². The van der Waals surface area contributed by atoms with Gasteiger partial charge in [0, 0.05) is 4.47 Å². The summed E-state index contributed by atoms with van der Waals surface area (Å²) in [5.41, 5.74) is 1.12.